The molecule has 0 aromatic rings. The average molecular weight is 603 g/mol. The van der Waals surface area contributed by atoms with Crippen molar-refractivity contribution in [3.63, 3.8) is 0 Å². The minimum Gasteiger partial charge on any atom is -0.264 e. The fourth-order valence-corrected chi connectivity index (χ4v) is 6.47. The molecule has 0 aromatic heterocycles. The van der Waals surface area contributed by atoms with Crippen LogP contribution in [-0.2, 0) is 14.6 Å². The molecule has 0 heterocycles. The molecule has 0 spiro atoms. The fraction of sp³-hybridized carbons (Fsp3) is 1.00. The van der Waals surface area contributed by atoms with Crippen molar-refractivity contribution in [3.8, 4) is 0 Å². The normalized spacial score (nSPS) is 12.8. The molecule has 0 aliphatic heterocycles. The van der Waals surface area contributed by atoms with Crippen molar-refractivity contribution in [2.24, 2.45) is 5.92 Å². The van der Waals surface area contributed by atoms with Gasteiger partial charge in [0.2, 0.25) is 0 Å². The summed E-state index contributed by atoms with van der Waals surface area (Å²) in [5, 5.41) is 0. The summed E-state index contributed by atoms with van der Waals surface area (Å²) in [5.74, 6) is 0.237. The maximum atomic E-state index is 11.1. The van der Waals surface area contributed by atoms with Gasteiger partial charge in [-0.2, -0.15) is 8.42 Å². The summed E-state index contributed by atoms with van der Waals surface area (Å²) in [7, 11) is -4.34. The van der Waals surface area contributed by atoms with Crippen molar-refractivity contribution < 1.29 is 17.2 Å². The van der Waals surface area contributed by atoms with Crippen LogP contribution in [0.5, 0.6) is 0 Å². The maximum absolute atomic E-state index is 11.1. The molecular formula is C36H74O4S. The third-order valence-electron chi connectivity index (χ3n) is 8.88. The van der Waals surface area contributed by atoms with Crippen LogP contribution in [0.1, 0.15) is 219 Å². The summed E-state index contributed by atoms with van der Waals surface area (Å²) in [6.07, 6.45) is 42.7. The molecular weight excluding hydrogens is 528 g/mol. The summed E-state index contributed by atoms with van der Waals surface area (Å²) >= 11 is 0. The highest BCUT2D eigenvalue weighted by Gasteiger charge is 2.13. The van der Waals surface area contributed by atoms with E-state index in [0.29, 0.717) is 0 Å². The zero-order valence-electron chi connectivity index (χ0n) is 28.0. The monoisotopic (exact) mass is 603 g/mol. The van der Waals surface area contributed by atoms with E-state index in [4.69, 9.17) is 8.74 Å². The summed E-state index contributed by atoms with van der Waals surface area (Å²) in [6, 6.07) is 0. The smallest absolute Gasteiger partial charge is 0.264 e. The van der Waals surface area contributed by atoms with E-state index in [-0.39, 0.29) is 12.5 Å². The molecule has 5 heteroatoms. The first-order chi connectivity index (χ1) is 20.0. The van der Waals surface area contributed by atoms with Crippen molar-refractivity contribution in [1.82, 2.24) is 0 Å². The summed E-state index contributed by atoms with van der Waals surface area (Å²) in [5.41, 5.74) is 0. The van der Waals surface area contributed by atoms with Gasteiger partial charge in [-0.25, -0.2) is 4.18 Å². The predicted molar refractivity (Wildman–Crippen MR) is 180 cm³/mol. The third-order valence-corrected chi connectivity index (χ3v) is 9.32. The average Bonchev–Trinajstić information content (AvgIpc) is 2.94. The number of rotatable bonds is 35. The first kappa shape index (κ1) is 40.9. The van der Waals surface area contributed by atoms with E-state index in [0.717, 1.165) is 25.7 Å². The number of hydrogen-bond donors (Lipinski definition) is 1. The molecule has 0 saturated carbocycles. The van der Waals surface area contributed by atoms with Gasteiger partial charge in [0.1, 0.15) is 0 Å². The molecule has 0 rings (SSSR count). The second kappa shape index (κ2) is 32.8. The molecule has 1 N–H and O–H groups in total. The van der Waals surface area contributed by atoms with Crippen LogP contribution in [0.15, 0.2) is 0 Å². The van der Waals surface area contributed by atoms with Gasteiger partial charge in [-0.1, -0.05) is 206 Å². The van der Waals surface area contributed by atoms with Crippen molar-refractivity contribution >= 4 is 10.4 Å². The molecule has 0 aliphatic carbocycles. The lowest BCUT2D eigenvalue weighted by Crippen LogP contribution is -2.14. The Labute approximate surface area is 258 Å². The van der Waals surface area contributed by atoms with Crippen LogP contribution >= 0.6 is 0 Å². The van der Waals surface area contributed by atoms with Gasteiger partial charge < -0.3 is 0 Å². The van der Waals surface area contributed by atoms with Crippen LogP contribution in [0.2, 0.25) is 0 Å². The van der Waals surface area contributed by atoms with E-state index in [9.17, 15) is 8.42 Å². The zero-order chi connectivity index (χ0) is 30.1. The second-order valence-corrected chi connectivity index (χ2v) is 14.1. The highest BCUT2D eigenvalue weighted by Crippen LogP contribution is 2.21. The first-order valence-electron chi connectivity index (χ1n) is 18.6. The second-order valence-electron chi connectivity index (χ2n) is 13.1. The first-order valence-corrected chi connectivity index (χ1v) is 20.0. The van der Waals surface area contributed by atoms with Crippen molar-refractivity contribution in [2.75, 3.05) is 6.61 Å². The van der Waals surface area contributed by atoms with Crippen LogP contribution in [0.25, 0.3) is 0 Å². The lowest BCUT2D eigenvalue weighted by Gasteiger charge is -2.16. The largest absolute Gasteiger partial charge is 0.397 e. The van der Waals surface area contributed by atoms with Gasteiger partial charge in [0.15, 0.2) is 0 Å². The standard InChI is InChI=1S/C36H74O4S/c1-3-5-7-9-11-13-15-17-18-19-20-21-22-24-26-28-30-32-34-36(35-40-41(37,38)39)33-31-29-27-25-23-16-14-12-10-8-6-4-2/h36H,3-35H2,1-2H3,(H,37,38,39). The van der Waals surface area contributed by atoms with E-state index in [2.05, 4.69) is 13.8 Å². The van der Waals surface area contributed by atoms with E-state index >= 15 is 0 Å². The van der Waals surface area contributed by atoms with Crippen LogP contribution in [-0.4, -0.2) is 19.6 Å². The van der Waals surface area contributed by atoms with Gasteiger partial charge in [0.05, 0.1) is 6.61 Å². The van der Waals surface area contributed by atoms with Crippen LogP contribution in [0, 0.1) is 5.92 Å². The fourth-order valence-electron chi connectivity index (χ4n) is 6.10. The SMILES string of the molecule is CCCCCCCCCCCCCCCCCCCCC(CCCCCCCCCCCCCC)COS(=O)(=O)O. The Hall–Kier alpha value is -0.130. The molecule has 0 aliphatic rings. The molecule has 0 amide bonds. The van der Waals surface area contributed by atoms with Gasteiger partial charge >= 0.3 is 10.4 Å². The zero-order valence-corrected chi connectivity index (χ0v) is 28.8. The van der Waals surface area contributed by atoms with E-state index < -0.39 is 10.4 Å². The third kappa shape index (κ3) is 36.0. The Morgan fingerprint density at radius 1 is 0.415 bits per heavy atom. The highest BCUT2D eigenvalue weighted by molar-refractivity contribution is 7.80. The van der Waals surface area contributed by atoms with Gasteiger partial charge in [0.25, 0.3) is 0 Å². The van der Waals surface area contributed by atoms with E-state index in [1.807, 2.05) is 0 Å². The number of hydrogen-bond acceptors (Lipinski definition) is 3. The lowest BCUT2D eigenvalue weighted by atomic mass is 9.94. The molecule has 0 bridgehead atoms. The van der Waals surface area contributed by atoms with Crippen LogP contribution in [0.4, 0.5) is 0 Å². The molecule has 41 heavy (non-hydrogen) atoms. The molecule has 0 radical (unpaired) electrons. The van der Waals surface area contributed by atoms with Gasteiger partial charge in [-0.3, -0.25) is 4.55 Å². The molecule has 0 aromatic carbocycles. The highest BCUT2D eigenvalue weighted by atomic mass is 32.3. The molecule has 4 nitrogen and oxygen atoms in total. The molecule has 1 unspecified atom stereocenters. The molecule has 248 valence electrons. The Bertz CT molecular complexity index is 592. The van der Waals surface area contributed by atoms with E-state index in [1.165, 1.54) is 180 Å². The Balaban J connectivity index is 3.64. The maximum Gasteiger partial charge on any atom is 0.397 e. The number of unbranched alkanes of at least 4 members (excludes halogenated alkanes) is 28. The van der Waals surface area contributed by atoms with Crippen molar-refractivity contribution in [1.29, 1.82) is 0 Å². The minimum absolute atomic E-state index is 0.135. The van der Waals surface area contributed by atoms with Gasteiger partial charge in [0, 0.05) is 0 Å². The predicted octanol–water partition coefficient (Wildman–Crippen LogP) is 12.9. The lowest BCUT2D eigenvalue weighted by molar-refractivity contribution is 0.204. The van der Waals surface area contributed by atoms with Crippen LogP contribution < -0.4 is 0 Å². The summed E-state index contributed by atoms with van der Waals surface area (Å²) in [4.78, 5) is 0. The van der Waals surface area contributed by atoms with Crippen LogP contribution in [0.3, 0.4) is 0 Å². The molecule has 0 fully saturated rings. The van der Waals surface area contributed by atoms with Crippen molar-refractivity contribution in [2.45, 2.75) is 219 Å². The Morgan fingerprint density at radius 2 is 0.634 bits per heavy atom. The molecule has 0 saturated heterocycles. The summed E-state index contributed by atoms with van der Waals surface area (Å²) in [6.45, 7) is 4.69. The summed E-state index contributed by atoms with van der Waals surface area (Å²) < 4.78 is 36.0. The van der Waals surface area contributed by atoms with Crippen molar-refractivity contribution in [3.05, 3.63) is 0 Å². The topological polar surface area (TPSA) is 63.6 Å². The molecule has 1 atom stereocenters. The quantitative estimate of drug-likeness (QED) is 0.0579. The van der Waals surface area contributed by atoms with Gasteiger partial charge in [-0.15, -0.1) is 0 Å². The minimum atomic E-state index is -4.34. The Morgan fingerprint density at radius 3 is 0.854 bits per heavy atom. The van der Waals surface area contributed by atoms with E-state index in [1.54, 1.807) is 0 Å². The van der Waals surface area contributed by atoms with Gasteiger partial charge in [-0.05, 0) is 18.8 Å². The Kier molecular flexibility index (Phi) is 32.7.